The Labute approximate surface area is 115 Å². The highest BCUT2D eigenvalue weighted by atomic mass is 16.2. The number of hydrogen-bond acceptors (Lipinski definition) is 2. The lowest BCUT2D eigenvalue weighted by Gasteiger charge is -2.34. The number of nitrogens with two attached hydrogens (primary N) is 1. The summed E-state index contributed by atoms with van der Waals surface area (Å²) < 4.78 is 0. The van der Waals surface area contributed by atoms with E-state index in [4.69, 9.17) is 5.73 Å². The molecule has 0 spiro atoms. The Morgan fingerprint density at radius 2 is 1.89 bits per heavy atom. The van der Waals surface area contributed by atoms with E-state index in [1.807, 2.05) is 37.1 Å². The molecule has 2 N–H and O–H groups in total. The minimum Gasteiger partial charge on any atom is -0.398 e. The average molecular weight is 260 g/mol. The van der Waals surface area contributed by atoms with Crippen molar-refractivity contribution in [3.8, 4) is 0 Å². The summed E-state index contributed by atoms with van der Waals surface area (Å²) in [6.07, 6.45) is 4.64. The number of anilines is 1. The van der Waals surface area contributed by atoms with Crippen molar-refractivity contribution in [2.75, 3.05) is 12.8 Å². The van der Waals surface area contributed by atoms with E-state index in [-0.39, 0.29) is 5.91 Å². The van der Waals surface area contributed by atoms with Gasteiger partial charge >= 0.3 is 0 Å². The van der Waals surface area contributed by atoms with Gasteiger partial charge in [-0.3, -0.25) is 4.79 Å². The monoisotopic (exact) mass is 260 g/mol. The van der Waals surface area contributed by atoms with Crippen LogP contribution in [0, 0.1) is 12.8 Å². The Hall–Kier alpha value is -1.51. The molecule has 0 radical (unpaired) electrons. The van der Waals surface area contributed by atoms with E-state index in [0.29, 0.717) is 17.3 Å². The molecule has 0 aromatic heterocycles. The second kappa shape index (κ2) is 5.64. The normalized spacial score (nSPS) is 23.1. The Bertz CT molecular complexity index is 462. The predicted octanol–water partition coefficient (Wildman–Crippen LogP) is 3.23. The van der Waals surface area contributed by atoms with Crippen LogP contribution in [0.2, 0.25) is 0 Å². The summed E-state index contributed by atoms with van der Waals surface area (Å²) in [5, 5.41) is 0. The summed E-state index contributed by atoms with van der Waals surface area (Å²) in [6, 6.07) is 6.03. The maximum absolute atomic E-state index is 12.5. The van der Waals surface area contributed by atoms with Crippen molar-refractivity contribution in [3.05, 3.63) is 29.3 Å². The fraction of sp³-hybridized carbons (Fsp3) is 0.562. The first-order chi connectivity index (χ1) is 9.00. The van der Waals surface area contributed by atoms with Crippen molar-refractivity contribution in [2.24, 2.45) is 5.92 Å². The van der Waals surface area contributed by atoms with Gasteiger partial charge in [0.2, 0.25) is 0 Å². The highest BCUT2D eigenvalue weighted by Crippen LogP contribution is 2.28. The van der Waals surface area contributed by atoms with Crippen LogP contribution in [0.1, 0.15) is 48.5 Å². The molecule has 3 nitrogen and oxygen atoms in total. The first-order valence-corrected chi connectivity index (χ1v) is 7.13. The molecule has 3 heteroatoms. The van der Waals surface area contributed by atoms with Gasteiger partial charge < -0.3 is 10.6 Å². The lowest BCUT2D eigenvalue weighted by molar-refractivity contribution is 0.0680. The van der Waals surface area contributed by atoms with Crippen LogP contribution in [0.4, 0.5) is 5.69 Å². The summed E-state index contributed by atoms with van der Waals surface area (Å²) in [7, 11) is 1.91. The number of para-hydroxylation sites is 1. The maximum atomic E-state index is 12.5. The third-order valence-corrected chi connectivity index (χ3v) is 4.41. The molecule has 19 heavy (non-hydrogen) atoms. The zero-order valence-electron chi connectivity index (χ0n) is 12.1. The lowest BCUT2D eigenvalue weighted by Crippen LogP contribution is -2.39. The van der Waals surface area contributed by atoms with Gasteiger partial charge in [0.15, 0.2) is 0 Å². The van der Waals surface area contributed by atoms with Crippen LogP contribution < -0.4 is 5.73 Å². The number of benzene rings is 1. The van der Waals surface area contributed by atoms with E-state index >= 15 is 0 Å². The molecule has 1 aliphatic carbocycles. The largest absolute Gasteiger partial charge is 0.398 e. The standard InChI is InChI=1S/C16H24N2O/c1-11-7-9-13(10-8-11)18(3)16(19)14-6-4-5-12(2)15(14)17/h4-6,11,13H,7-10,17H2,1-3H3. The van der Waals surface area contributed by atoms with Crippen molar-refractivity contribution in [1.82, 2.24) is 4.90 Å². The first-order valence-electron chi connectivity index (χ1n) is 7.13. The number of hydrogen-bond donors (Lipinski definition) is 1. The molecular weight excluding hydrogens is 236 g/mol. The summed E-state index contributed by atoms with van der Waals surface area (Å²) in [5.41, 5.74) is 8.25. The Balaban J connectivity index is 2.13. The smallest absolute Gasteiger partial charge is 0.255 e. The fourth-order valence-electron chi connectivity index (χ4n) is 2.85. The van der Waals surface area contributed by atoms with E-state index in [1.54, 1.807) is 0 Å². The van der Waals surface area contributed by atoms with Crippen LogP contribution >= 0.6 is 0 Å². The molecule has 0 bridgehead atoms. The molecule has 1 aliphatic rings. The quantitative estimate of drug-likeness (QED) is 0.830. The van der Waals surface area contributed by atoms with Crippen LogP contribution in [0.15, 0.2) is 18.2 Å². The molecule has 1 aromatic rings. The number of nitrogen functional groups attached to an aromatic ring is 1. The van der Waals surface area contributed by atoms with Crippen LogP contribution in [0.3, 0.4) is 0 Å². The van der Waals surface area contributed by atoms with Gasteiger partial charge in [0.25, 0.3) is 5.91 Å². The summed E-state index contributed by atoms with van der Waals surface area (Å²) in [6.45, 7) is 4.23. The van der Waals surface area contributed by atoms with Crippen molar-refractivity contribution in [2.45, 2.75) is 45.6 Å². The molecule has 2 rings (SSSR count). The zero-order valence-corrected chi connectivity index (χ0v) is 12.1. The SMILES string of the molecule is Cc1cccc(C(=O)N(C)C2CCC(C)CC2)c1N. The van der Waals surface area contributed by atoms with Gasteiger partial charge in [0.05, 0.1) is 5.56 Å². The van der Waals surface area contributed by atoms with Gasteiger partial charge in [-0.05, 0) is 50.2 Å². The van der Waals surface area contributed by atoms with E-state index < -0.39 is 0 Å². The van der Waals surface area contributed by atoms with Crippen LogP contribution in [-0.2, 0) is 0 Å². The average Bonchev–Trinajstić information content (AvgIpc) is 2.41. The van der Waals surface area contributed by atoms with E-state index in [0.717, 1.165) is 24.3 Å². The third kappa shape index (κ3) is 2.91. The molecule has 0 atom stereocenters. The van der Waals surface area contributed by atoms with Gasteiger partial charge in [-0.2, -0.15) is 0 Å². The van der Waals surface area contributed by atoms with Crippen LogP contribution in [-0.4, -0.2) is 23.9 Å². The van der Waals surface area contributed by atoms with Crippen molar-refractivity contribution < 1.29 is 4.79 Å². The number of carbonyl (C=O) groups is 1. The molecule has 1 amide bonds. The van der Waals surface area contributed by atoms with Gasteiger partial charge in [-0.25, -0.2) is 0 Å². The predicted molar refractivity (Wildman–Crippen MR) is 79.1 cm³/mol. The molecule has 1 saturated carbocycles. The van der Waals surface area contributed by atoms with E-state index in [1.165, 1.54) is 12.8 Å². The second-order valence-corrected chi connectivity index (χ2v) is 5.87. The lowest BCUT2D eigenvalue weighted by atomic mass is 9.86. The van der Waals surface area contributed by atoms with Gasteiger partial charge in [0.1, 0.15) is 0 Å². The van der Waals surface area contributed by atoms with Crippen molar-refractivity contribution in [3.63, 3.8) is 0 Å². The molecule has 0 saturated heterocycles. The van der Waals surface area contributed by atoms with Gasteiger partial charge in [-0.15, -0.1) is 0 Å². The molecular formula is C16H24N2O. The Morgan fingerprint density at radius 3 is 2.53 bits per heavy atom. The van der Waals surface area contributed by atoms with Crippen LogP contribution in [0.5, 0.6) is 0 Å². The van der Waals surface area contributed by atoms with E-state index in [2.05, 4.69) is 6.92 Å². The number of carbonyl (C=O) groups excluding carboxylic acids is 1. The Kier molecular flexibility index (Phi) is 4.13. The van der Waals surface area contributed by atoms with Gasteiger partial charge in [0, 0.05) is 18.8 Å². The zero-order chi connectivity index (χ0) is 14.0. The Morgan fingerprint density at radius 1 is 1.26 bits per heavy atom. The summed E-state index contributed by atoms with van der Waals surface area (Å²) in [4.78, 5) is 14.4. The van der Waals surface area contributed by atoms with E-state index in [9.17, 15) is 4.79 Å². The molecule has 1 fully saturated rings. The molecule has 0 unspecified atom stereocenters. The minimum atomic E-state index is 0.0563. The summed E-state index contributed by atoms with van der Waals surface area (Å²) in [5.74, 6) is 0.851. The second-order valence-electron chi connectivity index (χ2n) is 5.87. The highest BCUT2D eigenvalue weighted by molar-refractivity contribution is 5.99. The molecule has 0 heterocycles. The minimum absolute atomic E-state index is 0.0563. The highest BCUT2D eigenvalue weighted by Gasteiger charge is 2.26. The number of aryl methyl sites for hydroxylation is 1. The first kappa shape index (κ1) is 13.9. The van der Waals surface area contributed by atoms with Gasteiger partial charge in [-0.1, -0.05) is 19.1 Å². The fourth-order valence-corrected chi connectivity index (χ4v) is 2.85. The number of amides is 1. The molecule has 104 valence electrons. The number of rotatable bonds is 2. The van der Waals surface area contributed by atoms with Crippen molar-refractivity contribution >= 4 is 11.6 Å². The van der Waals surface area contributed by atoms with Crippen molar-refractivity contribution in [1.29, 1.82) is 0 Å². The summed E-state index contributed by atoms with van der Waals surface area (Å²) >= 11 is 0. The molecule has 0 aliphatic heterocycles. The number of nitrogens with zero attached hydrogens (tertiary/aromatic N) is 1. The third-order valence-electron chi connectivity index (χ3n) is 4.41. The topological polar surface area (TPSA) is 46.3 Å². The van der Waals surface area contributed by atoms with Crippen LogP contribution in [0.25, 0.3) is 0 Å². The molecule has 1 aromatic carbocycles. The maximum Gasteiger partial charge on any atom is 0.255 e.